The summed E-state index contributed by atoms with van der Waals surface area (Å²) in [5.74, 6) is -0.120. The van der Waals surface area contributed by atoms with E-state index in [1.54, 1.807) is 18.0 Å². The molecule has 2 aliphatic heterocycles. The van der Waals surface area contributed by atoms with Gasteiger partial charge in [-0.3, -0.25) is 4.90 Å². The molecule has 300 valence electrons. The lowest BCUT2D eigenvalue weighted by Gasteiger charge is -2.59. The summed E-state index contributed by atoms with van der Waals surface area (Å²) in [5.41, 5.74) is 3.77. The second kappa shape index (κ2) is 19.8. The van der Waals surface area contributed by atoms with Crippen LogP contribution in [-0.4, -0.2) is 117 Å². The number of oxime groups is 1. The Hall–Kier alpha value is -3.94. The summed E-state index contributed by atoms with van der Waals surface area (Å²) >= 11 is 0. The number of likely N-dealkylation sites (N-methyl/N-ethyl adjacent to an activating group) is 1. The molecule has 2 aromatic carbocycles. The van der Waals surface area contributed by atoms with Crippen molar-refractivity contribution in [2.45, 2.75) is 69.3 Å². The Morgan fingerprint density at radius 2 is 1.84 bits per heavy atom. The number of rotatable bonds is 22. The number of amides is 1. The van der Waals surface area contributed by atoms with Crippen LogP contribution in [0.3, 0.4) is 0 Å². The summed E-state index contributed by atoms with van der Waals surface area (Å²) in [4.78, 5) is 23.3. The van der Waals surface area contributed by atoms with Crippen molar-refractivity contribution in [2.75, 3.05) is 73.4 Å². The molecule has 6 rings (SSSR count). The zero-order chi connectivity index (χ0) is 38.6. The number of allylic oxidation sites excluding steroid dienone is 1. The van der Waals surface area contributed by atoms with E-state index in [-0.39, 0.29) is 50.8 Å². The zero-order valence-corrected chi connectivity index (χ0v) is 32.5. The molecule has 0 radical (unpaired) electrons. The van der Waals surface area contributed by atoms with Crippen molar-refractivity contribution in [2.24, 2.45) is 22.9 Å². The van der Waals surface area contributed by atoms with E-state index < -0.39 is 23.8 Å². The molecular formula is C43H59N3O9. The summed E-state index contributed by atoms with van der Waals surface area (Å²) in [6, 6.07) is 15.2. The van der Waals surface area contributed by atoms with Crippen LogP contribution in [0.25, 0.3) is 0 Å². The van der Waals surface area contributed by atoms with Crippen LogP contribution in [0.4, 0.5) is 4.79 Å². The first kappa shape index (κ1) is 40.7. The number of aliphatic hydroxyl groups excluding tert-OH is 2. The number of carbonyl (C=O) groups excluding carboxylic acids is 1. The van der Waals surface area contributed by atoms with Gasteiger partial charge in [0.15, 0.2) is 0 Å². The predicted octanol–water partition coefficient (Wildman–Crippen LogP) is 5.93. The number of nitrogens with zero attached hydrogens (tertiary/aromatic N) is 3. The lowest BCUT2D eigenvalue weighted by molar-refractivity contribution is -0.253. The fourth-order valence-corrected chi connectivity index (χ4v) is 8.70. The van der Waals surface area contributed by atoms with Gasteiger partial charge in [0, 0.05) is 57.8 Å². The maximum atomic E-state index is 13.9. The van der Waals surface area contributed by atoms with Gasteiger partial charge in [0.2, 0.25) is 5.79 Å². The SMILES string of the molecule is C=CCOC12Oc3ccc(OCCN4CC4)cc3C3C(CCCCO)C(CCCCO)C=C(C(=NOC)CC1N(C)C(=O)OCCOCc1ccccc1)C32. The molecule has 6 unspecified atom stereocenters. The van der Waals surface area contributed by atoms with Gasteiger partial charge >= 0.3 is 6.09 Å². The van der Waals surface area contributed by atoms with Gasteiger partial charge in [-0.1, -0.05) is 60.5 Å². The van der Waals surface area contributed by atoms with Crippen molar-refractivity contribution < 1.29 is 43.5 Å². The molecule has 0 bridgehead atoms. The zero-order valence-electron chi connectivity index (χ0n) is 32.5. The molecule has 1 amide bonds. The molecule has 2 fully saturated rings. The standard InChI is InChI=1S/C43H59N3O9/c1-4-23-54-43-39(45(2)42(49)53-26-25-51-30-31-12-6-5-7-13-31)29-37(44-50-3)35-27-32(14-8-10-21-47)34(15-9-11-22-48)40(41(35)43)36-28-33(16-17-38(36)55-43)52-24-20-46-18-19-46/h4-7,12-13,16-17,27-28,32,34,39-41,47-48H,1,8-11,14-15,18-26,29-30H2,2-3H3. The molecule has 2 aromatic rings. The highest BCUT2D eigenvalue weighted by atomic mass is 16.7. The monoisotopic (exact) mass is 761 g/mol. The molecule has 1 saturated carbocycles. The van der Waals surface area contributed by atoms with Crippen molar-refractivity contribution in [3.05, 3.63) is 84.0 Å². The van der Waals surface area contributed by atoms with Crippen molar-refractivity contribution in [1.82, 2.24) is 9.80 Å². The van der Waals surface area contributed by atoms with Gasteiger partial charge in [0.05, 0.1) is 31.5 Å². The quantitative estimate of drug-likeness (QED) is 0.0645. The molecule has 6 atom stereocenters. The topological polar surface area (TPSA) is 132 Å². The van der Waals surface area contributed by atoms with Crippen molar-refractivity contribution in [1.29, 1.82) is 0 Å². The van der Waals surface area contributed by atoms with E-state index in [2.05, 4.69) is 28.8 Å². The third kappa shape index (κ3) is 9.72. The molecular weight excluding hydrogens is 702 g/mol. The van der Waals surface area contributed by atoms with Crippen LogP contribution in [0, 0.1) is 17.8 Å². The fraction of sp³-hybridized carbons (Fsp3) is 0.581. The molecule has 2 heterocycles. The van der Waals surface area contributed by atoms with Crippen LogP contribution >= 0.6 is 0 Å². The first-order valence-corrected chi connectivity index (χ1v) is 19.9. The van der Waals surface area contributed by atoms with E-state index in [1.807, 2.05) is 42.5 Å². The third-order valence-electron chi connectivity index (χ3n) is 11.4. The number of carbonyl (C=O) groups is 1. The minimum Gasteiger partial charge on any atom is -0.492 e. The molecule has 2 aliphatic carbocycles. The Labute approximate surface area is 325 Å². The first-order chi connectivity index (χ1) is 26.9. The lowest BCUT2D eigenvalue weighted by atomic mass is 9.55. The number of fused-ring (bicyclic) bond motifs is 2. The van der Waals surface area contributed by atoms with Gasteiger partial charge in [0.1, 0.15) is 37.9 Å². The molecule has 0 spiro atoms. The molecule has 0 aromatic heterocycles. The van der Waals surface area contributed by atoms with Crippen LogP contribution in [0.1, 0.15) is 62.0 Å². The van der Waals surface area contributed by atoms with E-state index in [0.29, 0.717) is 38.2 Å². The summed E-state index contributed by atoms with van der Waals surface area (Å²) in [6.45, 7) is 8.84. The maximum absolute atomic E-state index is 13.9. The molecule has 55 heavy (non-hydrogen) atoms. The average molecular weight is 762 g/mol. The van der Waals surface area contributed by atoms with Crippen LogP contribution < -0.4 is 9.47 Å². The van der Waals surface area contributed by atoms with Gasteiger partial charge in [-0.15, -0.1) is 6.58 Å². The number of unbranched alkanes of at least 4 members (excludes halogenated alkanes) is 2. The lowest BCUT2D eigenvalue weighted by Crippen LogP contribution is -2.69. The van der Waals surface area contributed by atoms with Gasteiger partial charge in [-0.05, 0) is 66.9 Å². The van der Waals surface area contributed by atoms with E-state index in [4.69, 9.17) is 28.5 Å². The highest BCUT2D eigenvalue weighted by Crippen LogP contribution is 2.61. The van der Waals surface area contributed by atoms with Gasteiger partial charge < -0.3 is 43.6 Å². The predicted molar refractivity (Wildman–Crippen MR) is 209 cm³/mol. The number of ether oxygens (including phenoxy) is 5. The minimum absolute atomic E-state index is 0.0755. The van der Waals surface area contributed by atoms with E-state index in [1.165, 1.54) is 7.11 Å². The largest absolute Gasteiger partial charge is 0.492 e. The smallest absolute Gasteiger partial charge is 0.410 e. The Morgan fingerprint density at radius 1 is 1.05 bits per heavy atom. The van der Waals surface area contributed by atoms with Crippen LogP contribution in [0.2, 0.25) is 0 Å². The van der Waals surface area contributed by atoms with Gasteiger partial charge in [0.25, 0.3) is 0 Å². The minimum atomic E-state index is -1.34. The Kier molecular flexibility index (Phi) is 14.6. The molecule has 12 heteroatoms. The van der Waals surface area contributed by atoms with Crippen LogP contribution in [-0.2, 0) is 25.7 Å². The van der Waals surface area contributed by atoms with E-state index >= 15 is 0 Å². The maximum Gasteiger partial charge on any atom is 0.410 e. The molecule has 12 nitrogen and oxygen atoms in total. The Morgan fingerprint density at radius 3 is 2.56 bits per heavy atom. The van der Waals surface area contributed by atoms with E-state index in [9.17, 15) is 15.0 Å². The number of hydrogen-bond donors (Lipinski definition) is 2. The van der Waals surface area contributed by atoms with Crippen molar-refractivity contribution >= 4 is 11.8 Å². The fourth-order valence-electron chi connectivity index (χ4n) is 8.70. The van der Waals surface area contributed by atoms with Crippen LogP contribution in [0.5, 0.6) is 11.5 Å². The van der Waals surface area contributed by atoms with Gasteiger partial charge in [-0.25, -0.2) is 4.79 Å². The number of aliphatic hydroxyl groups is 2. The van der Waals surface area contributed by atoms with Crippen molar-refractivity contribution in [3.8, 4) is 11.5 Å². The molecule has 4 aliphatic rings. The first-order valence-electron chi connectivity index (χ1n) is 19.9. The Balaban J connectivity index is 1.38. The number of benzene rings is 2. The highest BCUT2D eigenvalue weighted by molar-refractivity contribution is 6.02. The van der Waals surface area contributed by atoms with E-state index in [0.717, 1.165) is 73.5 Å². The average Bonchev–Trinajstić information content (AvgIpc) is 4.03. The molecule has 2 N–H and O–H groups in total. The highest BCUT2D eigenvalue weighted by Gasteiger charge is 2.65. The van der Waals surface area contributed by atoms with Crippen molar-refractivity contribution in [3.63, 3.8) is 0 Å². The summed E-state index contributed by atoms with van der Waals surface area (Å²) < 4.78 is 32.0. The molecule has 1 saturated heterocycles. The van der Waals surface area contributed by atoms with Gasteiger partial charge in [-0.2, -0.15) is 0 Å². The third-order valence-corrected chi connectivity index (χ3v) is 11.4. The summed E-state index contributed by atoms with van der Waals surface area (Å²) in [7, 11) is 3.26. The normalized spacial score (nSPS) is 25.9. The van der Waals surface area contributed by atoms with Crippen LogP contribution in [0.15, 0.2) is 78.0 Å². The second-order valence-corrected chi connectivity index (χ2v) is 14.9. The summed E-state index contributed by atoms with van der Waals surface area (Å²) in [5, 5.41) is 24.2. The second-order valence-electron chi connectivity index (χ2n) is 14.9. The number of hydrogen-bond acceptors (Lipinski definition) is 11. The summed E-state index contributed by atoms with van der Waals surface area (Å²) in [6.07, 6.45) is 8.63. The Bertz CT molecular complexity index is 1620.